The van der Waals surface area contributed by atoms with E-state index in [0.29, 0.717) is 37.9 Å². The summed E-state index contributed by atoms with van der Waals surface area (Å²) in [5.41, 5.74) is 6.40. The van der Waals surface area contributed by atoms with Gasteiger partial charge in [-0.3, -0.25) is 4.79 Å². The summed E-state index contributed by atoms with van der Waals surface area (Å²) in [6, 6.07) is 12.4. The van der Waals surface area contributed by atoms with E-state index in [1.165, 1.54) is 12.6 Å². The SMILES string of the molecule is Cc1nc(C)c(-c2ccc3cc(-c4c(C5CCCCC5)cc(-c5ncc(C(=O)O)o5)n4CC(=O)N4CCOCC4)ccc3n2)s1. The Bertz CT molecular complexity index is 1890. The molecule has 2 fully saturated rings. The zero-order chi connectivity index (χ0) is 31.1. The first-order valence-corrected chi connectivity index (χ1v) is 16.3. The van der Waals surface area contributed by atoms with Crippen LogP contribution in [-0.2, 0) is 16.1 Å². The summed E-state index contributed by atoms with van der Waals surface area (Å²) >= 11 is 1.64. The van der Waals surface area contributed by atoms with Crippen molar-refractivity contribution in [2.24, 2.45) is 0 Å². The van der Waals surface area contributed by atoms with Gasteiger partial charge in [0.25, 0.3) is 0 Å². The molecule has 45 heavy (non-hydrogen) atoms. The Morgan fingerprint density at radius 2 is 1.82 bits per heavy atom. The van der Waals surface area contributed by atoms with Crippen LogP contribution in [0.3, 0.4) is 0 Å². The van der Waals surface area contributed by atoms with Crippen LogP contribution in [0, 0.1) is 13.8 Å². The van der Waals surface area contributed by atoms with Crippen LogP contribution in [0.4, 0.5) is 0 Å². The molecule has 11 heteroatoms. The van der Waals surface area contributed by atoms with Gasteiger partial charge in [-0.1, -0.05) is 31.4 Å². The molecule has 0 spiro atoms. The number of hydrogen-bond acceptors (Lipinski definition) is 8. The number of nitrogens with zero attached hydrogens (tertiary/aromatic N) is 5. The molecule has 7 rings (SSSR count). The number of thiazole rings is 1. The highest BCUT2D eigenvalue weighted by Crippen LogP contribution is 2.43. The second-order valence-corrected chi connectivity index (χ2v) is 13.0. The minimum Gasteiger partial charge on any atom is -0.475 e. The highest BCUT2D eigenvalue weighted by Gasteiger charge is 2.29. The Morgan fingerprint density at radius 3 is 2.53 bits per heavy atom. The van der Waals surface area contributed by atoms with E-state index in [-0.39, 0.29) is 24.1 Å². The normalized spacial score (nSPS) is 16.0. The largest absolute Gasteiger partial charge is 0.475 e. The number of aromatic nitrogens is 4. The number of ether oxygens (including phenoxy) is 1. The van der Waals surface area contributed by atoms with E-state index in [4.69, 9.17) is 14.1 Å². The van der Waals surface area contributed by atoms with Crippen LogP contribution in [-0.4, -0.2) is 67.7 Å². The second kappa shape index (κ2) is 12.2. The van der Waals surface area contributed by atoms with E-state index in [1.807, 2.05) is 35.4 Å². The van der Waals surface area contributed by atoms with E-state index in [1.54, 1.807) is 11.3 Å². The van der Waals surface area contributed by atoms with Crippen molar-refractivity contribution < 1.29 is 23.8 Å². The topological polar surface area (TPSA) is 124 Å². The molecular weight excluding hydrogens is 590 g/mol. The molecule has 1 aromatic carbocycles. The van der Waals surface area contributed by atoms with Crippen LogP contribution in [0.5, 0.6) is 0 Å². The maximum absolute atomic E-state index is 13.7. The number of aromatic carboxylic acids is 1. The van der Waals surface area contributed by atoms with Crippen LogP contribution < -0.4 is 0 Å². The Balaban J connectivity index is 1.38. The van der Waals surface area contributed by atoms with Gasteiger partial charge in [0.1, 0.15) is 12.2 Å². The maximum Gasteiger partial charge on any atom is 0.373 e. The molecule has 1 aliphatic carbocycles. The fraction of sp³-hybridized carbons (Fsp3) is 0.382. The summed E-state index contributed by atoms with van der Waals surface area (Å²) in [7, 11) is 0. The first-order chi connectivity index (χ1) is 21.9. The number of aryl methyl sites for hydroxylation is 2. The number of oxazole rings is 1. The third-order valence-corrected chi connectivity index (χ3v) is 9.96. The smallest absolute Gasteiger partial charge is 0.373 e. The molecule has 1 saturated heterocycles. The molecular formula is C34H35N5O5S. The second-order valence-electron chi connectivity index (χ2n) is 11.8. The fourth-order valence-corrected chi connectivity index (χ4v) is 7.56. The molecule has 0 atom stereocenters. The summed E-state index contributed by atoms with van der Waals surface area (Å²) in [6.07, 6.45) is 6.81. The van der Waals surface area contributed by atoms with Gasteiger partial charge in [0, 0.05) is 18.5 Å². The van der Waals surface area contributed by atoms with Crippen molar-refractivity contribution in [3.8, 4) is 33.4 Å². The monoisotopic (exact) mass is 625 g/mol. The van der Waals surface area contributed by atoms with Crippen LogP contribution in [0.2, 0.25) is 0 Å². The van der Waals surface area contributed by atoms with Crippen LogP contribution >= 0.6 is 11.3 Å². The first kappa shape index (κ1) is 29.4. The zero-order valence-corrected chi connectivity index (χ0v) is 26.2. The number of amides is 1. The lowest BCUT2D eigenvalue weighted by atomic mass is 9.83. The fourth-order valence-electron chi connectivity index (χ4n) is 6.67. The molecule has 1 aliphatic heterocycles. The van der Waals surface area contributed by atoms with Gasteiger partial charge in [-0.25, -0.2) is 19.7 Å². The van der Waals surface area contributed by atoms with Gasteiger partial charge >= 0.3 is 5.97 Å². The van der Waals surface area contributed by atoms with Crippen molar-refractivity contribution >= 4 is 34.1 Å². The number of carboxylic acid groups (broad SMARTS) is 1. The van der Waals surface area contributed by atoms with Gasteiger partial charge in [-0.05, 0) is 68.0 Å². The number of hydrogen-bond donors (Lipinski definition) is 1. The predicted molar refractivity (Wildman–Crippen MR) is 171 cm³/mol. The molecule has 1 N–H and O–H groups in total. The summed E-state index contributed by atoms with van der Waals surface area (Å²) in [4.78, 5) is 42.2. The van der Waals surface area contributed by atoms with Gasteiger partial charge in [-0.15, -0.1) is 11.3 Å². The van der Waals surface area contributed by atoms with Gasteiger partial charge in [0.15, 0.2) is 0 Å². The molecule has 1 saturated carbocycles. The Kier molecular flexibility index (Phi) is 7.97. The van der Waals surface area contributed by atoms with E-state index < -0.39 is 5.97 Å². The first-order valence-electron chi connectivity index (χ1n) is 15.5. The average molecular weight is 626 g/mol. The number of fused-ring (bicyclic) bond motifs is 1. The number of carbonyl (C=O) groups is 2. The van der Waals surface area contributed by atoms with Crippen LogP contribution in [0.25, 0.3) is 44.3 Å². The number of carbonyl (C=O) groups excluding carboxylic acids is 1. The standard InChI is InChI=1S/C34H35N5O5S/c1-20-32(45-21(2)36-20)27-11-8-23-16-24(9-10-26(23)37-27)31-25(22-6-4-3-5-7-22)17-28(33-35-18-29(44-33)34(41)42)39(31)19-30(40)38-12-14-43-15-13-38/h8-11,16-18,22H,3-7,12-15,19H2,1-2H3,(H,41,42). The van der Waals surface area contributed by atoms with Crippen molar-refractivity contribution in [2.75, 3.05) is 26.3 Å². The lowest BCUT2D eigenvalue weighted by Gasteiger charge is -2.28. The van der Waals surface area contributed by atoms with Gasteiger partial charge in [0.2, 0.25) is 17.6 Å². The van der Waals surface area contributed by atoms with E-state index in [0.717, 1.165) is 74.7 Å². The molecule has 232 valence electrons. The molecule has 5 heterocycles. The van der Waals surface area contributed by atoms with Gasteiger partial charge in [-0.2, -0.15) is 0 Å². The van der Waals surface area contributed by atoms with Crippen molar-refractivity contribution in [1.29, 1.82) is 0 Å². The molecule has 0 bridgehead atoms. The molecule has 5 aromatic rings. The molecule has 10 nitrogen and oxygen atoms in total. The Labute approximate surface area is 264 Å². The number of carboxylic acids is 1. The van der Waals surface area contributed by atoms with Crippen LogP contribution in [0.15, 0.2) is 47.0 Å². The lowest BCUT2D eigenvalue weighted by Crippen LogP contribution is -2.42. The summed E-state index contributed by atoms with van der Waals surface area (Å²) in [5, 5.41) is 11.6. The quantitative estimate of drug-likeness (QED) is 0.212. The number of morpholine rings is 1. The summed E-state index contributed by atoms with van der Waals surface area (Å²) < 4.78 is 13.2. The van der Waals surface area contributed by atoms with Crippen molar-refractivity contribution in [1.82, 2.24) is 24.4 Å². The third-order valence-electron chi connectivity index (χ3n) is 8.86. The van der Waals surface area contributed by atoms with Crippen molar-refractivity contribution in [3.05, 3.63) is 64.6 Å². The number of pyridine rings is 1. The Hall–Kier alpha value is -4.35. The molecule has 0 radical (unpaired) electrons. The molecule has 2 aliphatic rings. The van der Waals surface area contributed by atoms with Crippen LogP contribution in [0.1, 0.15) is 64.8 Å². The zero-order valence-electron chi connectivity index (χ0n) is 25.4. The highest BCUT2D eigenvalue weighted by molar-refractivity contribution is 7.15. The van der Waals surface area contributed by atoms with Gasteiger partial charge in [0.05, 0.1) is 51.9 Å². The van der Waals surface area contributed by atoms with E-state index >= 15 is 0 Å². The van der Waals surface area contributed by atoms with E-state index in [9.17, 15) is 14.7 Å². The summed E-state index contributed by atoms with van der Waals surface area (Å²) in [5.74, 6) is -0.965. The minimum atomic E-state index is -1.19. The van der Waals surface area contributed by atoms with E-state index in [2.05, 4.69) is 34.2 Å². The molecule has 1 amide bonds. The highest BCUT2D eigenvalue weighted by atomic mass is 32.1. The van der Waals surface area contributed by atoms with Crippen molar-refractivity contribution in [2.45, 2.75) is 58.4 Å². The average Bonchev–Trinajstić information content (AvgIpc) is 3.78. The summed E-state index contributed by atoms with van der Waals surface area (Å²) in [6.45, 7) is 6.17. The Morgan fingerprint density at radius 1 is 1.02 bits per heavy atom. The van der Waals surface area contributed by atoms with Crippen molar-refractivity contribution in [3.63, 3.8) is 0 Å². The molecule has 4 aromatic heterocycles. The van der Waals surface area contributed by atoms with Gasteiger partial charge < -0.3 is 23.7 Å². The third kappa shape index (κ3) is 5.78. The maximum atomic E-state index is 13.7. The number of rotatable bonds is 7. The number of benzene rings is 1. The predicted octanol–water partition coefficient (Wildman–Crippen LogP) is 6.70. The molecule has 0 unspecified atom stereocenters. The minimum absolute atomic E-state index is 0.0288. The lowest BCUT2D eigenvalue weighted by molar-refractivity contribution is -0.135.